The second-order valence-corrected chi connectivity index (χ2v) is 7.42. The first kappa shape index (κ1) is 21.0. The van der Waals surface area contributed by atoms with Crippen molar-refractivity contribution in [2.75, 3.05) is 18.5 Å². The van der Waals surface area contributed by atoms with Gasteiger partial charge in [-0.05, 0) is 79.3 Å². The van der Waals surface area contributed by atoms with Crippen LogP contribution >= 0.6 is 12.2 Å². The molecule has 5 nitrogen and oxygen atoms in total. The van der Waals surface area contributed by atoms with Gasteiger partial charge in [-0.3, -0.25) is 4.79 Å². The number of aliphatic hydroxyl groups excluding tert-OH is 1. The first-order chi connectivity index (χ1) is 13.9. The van der Waals surface area contributed by atoms with E-state index in [1.807, 2.05) is 36.9 Å². The minimum absolute atomic E-state index is 0.0161. The average molecular weight is 414 g/mol. The molecule has 7 heteroatoms. The number of halogens is 1. The Morgan fingerprint density at radius 2 is 1.93 bits per heavy atom. The Morgan fingerprint density at radius 1 is 1.21 bits per heavy atom. The first-order valence-corrected chi connectivity index (χ1v) is 9.84. The van der Waals surface area contributed by atoms with Gasteiger partial charge in [-0.15, -0.1) is 0 Å². The standard InChI is InChI=1S/C22H24FN3O2S/c1-14-4-5-16-12-17(21(28)25-20(16)15(14)2)13-26(10-3-11-27)22(29)24-19-8-6-18(23)7-9-19/h4-9,12,27H,3,10-11,13H2,1-2H3,(H,24,29)(H,25,28). The largest absolute Gasteiger partial charge is 0.396 e. The van der Waals surface area contributed by atoms with Crippen LogP contribution in [-0.2, 0) is 6.54 Å². The zero-order valence-electron chi connectivity index (χ0n) is 16.5. The Balaban J connectivity index is 1.86. The molecule has 0 spiro atoms. The van der Waals surface area contributed by atoms with Crippen LogP contribution in [0.4, 0.5) is 10.1 Å². The first-order valence-electron chi connectivity index (χ1n) is 9.43. The molecule has 3 N–H and O–H groups in total. The zero-order valence-corrected chi connectivity index (χ0v) is 17.3. The Hall–Kier alpha value is -2.77. The molecule has 0 aliphatic carbocycles. The van der Waals surface area contributed by atoms with Crippen LogP contribution in [0.5, 0.6) is 0 Å². The van der Waals surface area contributed by atoms with Crippen LogP contribution < -0.4 is 10.9 Å². The molecule has 0 saturated heterocycles. The molecule has 0 aliphatic rings. The highest BCUT2D eigenvalue weighted by atomic mass is 32.1. The van der Waals surface area contributed by atoms with E-state index in [-0.39, 0.29) is 18.0 Å². The molecule has 0 aliphatic heterocycles. The molecule has 3 aromatic rings. The van der Waals surface area contributed by atoms with Gasteiger partial charge in [0, 0.05) is 24.4 Å². The number of pyridine rings is 1. The molecule has 0 amide bonds. The lowest BCUT2D eigenvalue weighted by Crippen LogP contribution is -2.37. The smallest absolute Gasteiger partial charge is 0.253 e. The SMILES string of the molecule is Cc1ccc2cc(CN(CCCO)C(=S)Nc3ccc(F)cc3)c(=O)[nH]c2c1C. The average Bonchev–Trinajstić information content (AvgIpc) is 2.70. The number of H-pyrrole nitrogens is 1. The van der Waals surface area contributed by atoms with Gasteiger partial charge in [-0.2, -0.15) is 0 Å². The number of aromatic amines is 1. The molecule has 2 aromatic carbocycles. The third kappa shape index (κ3) is 4.99. The van der Waals surface area contributed by atoms with Gasteiger partial charge in [0.2, 0.25) is 0 Å². The van der Waals surface area contributed by atoms with Gasteiger partial charge in [0.25, 0.3) is 5.56 Å². The van der Waals surface area contributed by atoms with Crippen LogP contribution in [0.25, 0.3) is 10.9 Å². The van der Waals surface area contributed by atoms with Crippen LogP contribution in [0.3, 0.4) is 0 Å². The van der Waals surface area contributed by atoms with Gasteiger partial charge < -0.3 is 20.3 Å². The normalized spacial score (nSPS) is 10.9. The highest BCUT2D eigenvalue weighted by Gasteiger charge is 2.14. The maximum atomic E-state index is 13.1. The number of rotatable bonds is 6. The molecule has 0 saturated carbocycles. The van der Waals surface area contributed by atoms with Crippen molar-refractivity contribution >= 4 is 33.9 Å². The number of fused-ring (bicyclic) bond motifs is 1. The van der Waals surface area contributed by atoms with E-state index in [0.29, 0.717) is 35.9 Å². The van der Waals surface area contributed by atoms with Gasteiger partial charge in [-0.25, -0.2) is 4.39 Å². The lowest BCUT2D eigenvalue weighted by atomic mass is 10.0. The summed E-state index contributed by atoms with van der Waals surface area (Å²) in [5.74, 6) is -0.327. The molecule has 0 fully saturated rings. The second kappa shape index (κ2) is 9.15. The highest BCUT2D eigenvalue weighted by Crippen LogP contribution is 2.19. The number of thiocarbonyl (C=S) groups is 1. The van der Waals surface area contributed by atoms with Crippen LogP contribution in [0.1, 0.15) is 23.1 Å². The molecular formula is C22H24FN3O2S. The lowest BCUT2D eigenvalue weighted by molar-refractivity contribution is 0.266. The van der Waals surface area contributed by atoms with Crippen molar-refractivity contribution in [2.24, 2.45) is 0 Å². The van der Waals surface area contributed by atoms with E-state index in [9.17, 15) is 14.3 Å². The molecule has 29 heavy (non-hydrogen) atoms. The van der Waals surface area contributed by atoms with Crippen molar-refractivity contribution in [3.05, 3.63) is 75.3 Å². The number of aromatic nitrogens is 1. The van der Waals surface area contributed by atoms with Crippen molar-refractivity contribution in [2.45, 2.75) is 26.8 Å². The summed E-state index contributed by atoms with van der Waals surface area (Å²) in [6.07, 6.45) is 0.509. The second-order valence-electron chi connectivity index (χ2n) is 7.03. The van der Waals surface area contributed by atoms with Crippen molar-refractivity contribution in [1.29, 1.82) is 0 Å². The van der Waals surface area contributed by atoms with Crippen LogP contribution in [0, 0.1) is 19.7 Å². The molecule has 0 unspecified atom stereocenters. The van der Waals surface area contributed by atoms with E-state index in [1.165, 1.54) is 12.1 Å². The van der Waals surface area contributed by atoms with E-state index in [0.717, 1.165) is 22.0 Å². The zero-order chi connectivity index (χ0) is 21.0. The van der Waals surface area contributed by atoms with Gasteiger partial charge in [0.05, 0.1) is 12.1 Å². The van der Waals surface area contributed by atoms with Gasteiger partial charge in [0.1, 0.15) is 5.82 Å². The van der Waals surface area contributed by atoms with Gasteiger partial charge in [-0.1, -0.05) is 12.1 Å². The highest BCUT2D eigenvalue weighted by molar-refractivity contribution is 7.80. The predicted molar refractivity (Wildman–Crippen MR) is 119 cm³/mol. The molecule has 1 heterocycles. The van der Waals surface area contributed by atoms with E-state index in [4.69, 9.17) is 12.2 Å². The summed E-state index contributed by atoms with van der Waals surface area (Å²) in [7, 11) is 0. The Labute approximate surface area is 174 Å². The summed E-state index contributed by atoms with van der Waals surface area (Å²) in [5, 5.41) is 13.7. The minimum atomic E-state index is -0.327. The predicted octanol–water partition coefficient (Wildman–Crippen LogP) is 3.87. The molecule has 0 bridgehead atoms. The molecule has 152 valence electrons. The summed E-state index contributed by atoms with van der Waals surface area (Å²) >= 11 is 5.51. The minimum Gasteiger partial charge on any atom is -0.396 e. The van der Waals surface area contributed by atoms with Crippen molar-refractivity contribution in [3.63, 3.8) is 0 Å². The molecule has 0 radical (unpaired) electrons. The molecule has 3 rings (SSSR count). The van der Waals surface area contributed by atoms with Crippen molar-refractivity contribution < 1.29 is 9.50 Å². The fraction of sp³-hybridized carbons (Fsp3) is 0.273. The maximum absolute atomic E-state index is 13.1. The summed E-state index contributed by atoms with van der Waals surface area (Å²) in [6, 6.07) is 11.8. The van der Waals surface area contributed by atoms with E-state index in [1.54, 1.807) is 12.1 Å². The number of hydrogen-bond donors (Lipinski definition) is 3. The van der Waals surface area contributed by atoms with Crippen molar-refractivity contribution in [3.8, 4) is 0 Å². The topological polar surface area (TPSA) is 68.4 Å². The number of hydrogen-bond acceptors (Lipinski definition) is 3. The number of nitrogens with one attached hydrogen (secondary N) is 2. The maximum Gasteiger partial charge on any atom is 0.253 e. The van der Waals surface area contributed by atoms with Gasteiger partial charge in [0.15, 0.2) is 5.11 Å². The Kier molecular flexibility index (Phi) is 6.61. The fourth-order valence-corrected chi connectivity index (χ4v) is 3.42. The number of nitrogens with zero attached hydrogens (tertiary/aromatic N) is 1. The summed E-state index contributed by atoms with van der Waals surface area (Å²) in [6.45, 7) is 4.79. The summed E-state index contributed by atoms with van der Waals surface area (Å²) in [4.78, 5) is 17.5. The van der Waals surface area contributed by atoms with E-state index < -0.39 is 0 Å². The number of aliphatic hydroxyl groups is 1. The summed E-state index contributed by atoms with van der Waals surface area (Å²) < 4.78 is 13.1. The van der Waals surface area contributed by atoms with Gasteiger partial charge >= 0.3 is 0 Å². The Bertz CT molecular complexity index is 1080. The van der Waals surface area contributed by atoms with Crippen molar-refractivity contribution in [1.82, 2.24) is 9.88 Å². The summed E-state index contributed by atoms with van der Waals surface area (Å²) in [5.41, 5.74) is 4.09. The quantitative estimate of drug-likeness (QED) is 0.536. The third-order valence-electron chi connectivity index (χ3n) is 4.96. The monoisotopic (exact) mass is 413 g/mol. The van der Waals surface area contributed by atoms with Crippen LogP contribution in [0.2, 0.25) is 0 Å². The van der Waals surface area contributed by atoms with E-state index in [2.05, 4.69) is 10.3 Å². The molecule has 0 atom stereocenters. The molecule has 1 aromatic heterocycles. The number of aryl methyl sites for hydroxylation is 2. The van der Waals surface area contributed by atoms with E-state index >= 15 is 0 Å². The van der Waals surface area contributed by atoms with Crippen LogP contribution in [0.15, 0.2) is 47.3 Å². The van der Waals surface area contributed by atoms with Crippen LogP contribution in [-0.4, -0.2) is 33.3 Å². The number of benzene rings is 2. The molecular weight excluding hydrogens is 389 g/mol. The fourth-order valence-electron chi connectivity index (χ4n) is 3.14. The third-order valence-corrected chi connectivity index (χ3v) is 5.32. The lowest BCUT2D eigenvalue weighted by Gasteiger charge is -2.25. The Morgan fingerprint density at radius 3 is 2.62 bits per heavy atom. The number of anilines is 1.